The van der Waals surface area contributed by atoms with Gasteiger partial charge in [0.15, 0.2) is 12.3 Å². The van der Waals surface area contributed by atoms with Gasteiger partial charge in [0, 0.05) is 37.8 Å². The van der Waals surface area contributed by atoms with E-state index >= 15 is 0 Å². The second kappa shape index (κ2) is 8.56. The smallest absolute Gasteiger partial charge is 0.359 e. The number of hydrogen-bond acceptors (Lipinski definition) is 6. The van der Waals surface area contributed by atoms with Crippen molar-refractivity contribution >= 4 is 34.2 Å². The largest absolute Gasteiger partial charge is 0.451 e. The number of esters is 1. The molecule has 3 rings (SSSR count). The van der Waals surface area contributed by atoms with Crippen molar-refractivity contribution in [1.29, 1.82) is 0 Å². The van der Waals surface area contributed by atoms with Gasteiger partial charge in [0.05, 0.1) is 5.39 Å². The van der Waals surface area contributed by atoms with Gasteiger partial charge in [0.25, 0.3) is 17.4 Å². The van der Waals surface area contributed by atoms with Crippen LogP contribution >= 0.6 is 0 Å². The predicted octanol–water partition coefficient (Wildman–Crippen LogP) is 1.43. The molecule has 0 atom stereocenters. The molecule has 1 aromatic heterocycles. The molecule has 2 amide bonds. The zero-order valence-corrected chi connectivity index (χ0v) is 16.7. The summed E-state index contributed by atoms with van der Waals surface area (Å²) in [5, 5.41) is 7.24. The van der Waals surface area contributed by atoms with Crippen LogP contribution in [-0.4, -0.2) is 53.2 Å². The average molecular weight is 408 g/mol. The van der Waals surface area contributed by atoms with Crippen molar-refractivity contribution in [3.63, 3.8) is 0 Å². The fourth-order valence-electron chi connectivity index (χ4n) is 2.80. The zero-order chi connectivity index (χ0) is 21.8. The Hall–Kier alpha value is -4.01. The van der Waals surface area contributed by atoms with Crippen molar-refractivity contribution in [3.05, 3.63) is 70.1 Å². The highest BCUT2D eigenvalue weighted by molar-refractivity contribution is 6.03. The first-order valence-corrected chi connectivity index (χ1v) is 9.02. The molecule has 0 saturated carbocycles. The third-order valence-electron chi connectivity index (χ3n) is 4.31. The molecule has 30 heavy (non-hydrogen) atoms. The predicted molar refractivity (Wildman–Crippen MR) is 110 cm³/mol. The van der Waals surface area contributed by atoms with Crippen LogP contribution in [0.3, 0.4) is 0 Å². The molecule has 9 nitrogen and oxygen atoms in total. The Morgan fingerprint density at radius 1 is 1.03 bits per heavy atom. The van der Waals surface area contributed by atoms with Crippen molar-refractivity contribution in [1.82, 2.24) is 14.7 Å². The minimum atomic E-state index is -0.816. The van der Waals surface area contributed by atoms with Gasteiger partial charge >= 0.3 is 5.97 Å². The minimum Gasteiger partial charge on any atom is -0.451 e. The third-order valence-corrected chi connectivity index (χ3v) is 4.31. The lowest BCUT2D eigenvalue weighted by Crippen LogP contribution is -2.26. The van der Waals surface area contributed by atoms with E-state index in [2.05, 4.69) is 10.4 Å². The van der Waals surface area contributed by atoms with Gasteiger partial charge in [-0.15, -0.1) is 0 Å². The van der Waals surface area contributed by atoms with Crippen LogP contribution in [0.2, 0.25) is 0 Å². The number of carbonyl (C=O) groups excluding carboxylic acids is 3. The number of benzene rings is 2. The van der Waals surface area contributed by atoms with E-state index in [1.807, 2.05) is 0 Å². The highest BCUT2D eigenvalue weighted by Gasteiger charge is 2.18. The maximum atomic E-state index is 12.4. The molecular formula is C21H20N4O5. The van der Waals surface area contributed by atoms with Gasteiger partial charge in [0.1, 0.15) is 0 Å². The van der Waals surface area contributed by atoms with E-state index < -0.39 is 18.5 Å². The Balaban J connectivity index is 1.66. The van der Waals surface area contributed by atoms with E-state index in [4.69, 9.17) is 4.74 Å². The number of ether oxygens (including phenoxy) is 1. The van der Waals surface area contributed by atoms with Crippen LogP contribution in [0.5, 0.6) is 0 Å². The molecule has 0 bridgehead atoms. The molecule has 154 valence electrons. The number of hydrogen-bond donors (Lipinski definition) is 1. The van der Waals surface area contributed by atoms with Crippen molar-refractivity contribution < 1.29 is 19.1 Å². The van der Waals surface area contributed by atoms with E-state index in [1.54, 1.807) is 62.6 Å². The Bertz CT molecular complexity index is 1180. The third kappa shape index (κ3) is 4.35. The van der Waals surface area contributed by atoms with Crippen molar-refractivity contribution in [2.45, 2.75) is 0 Å². The summed E-state index contributed by atoms with van der Waals surface area (Å²) < 4.78 is 6.12. The highest BCUT2D eigenvalue weighted by Crippen LogP contribution is 2.14. The number of anilines is 1. The number of nitrogens with zero attached hydrogens (tertiary/aromatic N) is 3. The van der Waals surface area contributed by atoms with Crippen molar-refractivity contribution in [2.24, 2.45) is 7.05 Å². The second-order valence-electron chi connectivity index (χ2n) is 6.72. The summed E-state index contributed by atoms with van der Waals surface area (Å²) in [7, 11) is 4.73. The molecule has 9 heteroatoms. The lowest BCUT2D eigenvalue weighted by atomic mass is 10.1. The van der Waals surface area contributed by atoms with Crippen molar-refractivity contribution in [2.75, 3.05) is 26.0 Å². The van der Waals surface area contributed by atoms with E-state index in [0.29, 0.717) is 22.0 Å². The maximum absolute atomic E-state index is 12.4. The van der Waals surface area contributed by atoms with Gasteiger partial charge in [-0.1, -0.05) is 18.2 Å². The van der Waals surface area contributed by atoms with Gasteiger partial charge in [-0.05, 0) is 30.3 Å². The monoisotopic (exact) mass is 408 g/mol. The molecule has 3 aromatic rings. The lowest BCUT2D eigenvalue weighted by Gasteiger charge is -2.11. The first kappa shape index (κ1) is 20.7. The SMILES string of the molecule is CN(C)C(=O)c1ccc(NC(=O)COC(=O)c2nn(C)c(=O)c3ccccc23)cc1. The minimum absolute atomic E-state index is 0.0490. The topological polar surface area (TPSA) is 111 Å². The molecule has 2 aromatic carbocycles. The van der Waals surface area contributed by atoms with Crippen LogP contribution in [0.1, 0.15) is 20.8 Å². The van der Waals surface area contributed by atoms with Crippen molar-refractivity contribution in [3.8, 4) is 0 Å². The summed E-state index contributed by atoms with van der Waals surface area (Å²) in [6, 6.07) is 12.9. The standard InChI is InChI=1S/C21H20N4O5/c1-24(2)19(27)13-8-10-14(11-9-13)22-17(26)12-30-21(29)18-15-6-4-5-7-16(15)20(28)25(3)23-18/h4-11H,12H2,1-3H3,(H,22,26). The summed E-state index contributed by atoms with van der Waals surface area (Å²) in [6.07, 6.45) is 0. The van der Waals surface area contributed by atoms with E-state index in [1.165, 1.54) is 11.9 Å². The molecule has 0 radical (unpaired) electrons. The molecule has 0 aliphatic carbocycles. The average Bonchev–Trinajstić information content (AvgIpc) is 2.74. The van der Waals surface area contributed by atoms with Gasteiger partial charge < -0.3 is 15.0 Å². The van der Waals surface area contributed by atoms with Gasteiger partial charge in [0.2, 0.25) is 0 Å². The van der Waals surface area contributed by atoms with Crippen LogP contribution < -0.4 is 10.9 Å². The summed E-state index contributed by atoms with van der Waals surface area (Å²) >= 11 is 0. The molecule has 1 N–H and O–H groups in total. The maximum Gasteiger partial charge on any atom is 0.359 e. The van der Waals surface area contributed by atoms with E-state index in [-0.39, 0.29) is 17.2 Å². The number of amides is 2. The molecule has 0 spiro atoms. The van der Waals surface area contributed by atoms with Crippen LogP contribution in [-0.2, 0) is 16.6 Å². The number of aryl methyl sites for hydroxylation is 1. The molecule has 0 saturated heterocycles. The summed E-state index contributed by atoms with van der Waals surface area (Å²) in [5.74, 6) is -1.52. The van der Waals surface area contributed by atoms with Gasteiger partial charge in [-0.3, -0.25) is 14.4 Å². The fourth-order valence-corrected chi connectivity index (χ4v) is 2.80. The molecule has 0 aliphatic heterocycles. The normalized spacial score (nSPS) is 10.5. The van der Waals surface area contributed by atoms with Crippen LogP contribution in [0.25, 0.3) is 10.8 Å². The summed E-state index contributed by atoms with van der Waals surface area (Å²) in [4.78, 5) is 50.0. The number of carbonyl (C=O) groups is 3. The zero-order valence-electron chi connectivity index (χ0n) is 16.7. The quantitative estimate of drug-likeness (QED) is 0.640. The Labute approximate surface area is 171 Å². The molecule has 0 unspecified atom stereocenters. The van der Waals surface area contributed by atoms with E-state index in [9.17, 15) is 19.2 Å². The summed E-state index contributed by atoms with van der Waals surface area (Å²) in [6.45, 7) is -0.532. The number of nitrogens with one attached hydrogen (secondary N) is 1. The number of fused-ring (bicyclic) bond motifs is 1. The molecule has 0 aliphatic rings. The van der Waals surface area contributed by atoms with Gasteiger partial charge in [-0.25, -0.2) is 9.48 Å². The fraction of sp³-hybridized carbons (Fsp3) is 0.190. The highest BCUT2D eigenvalue weighted by atomic mass is 16.5. The van der Waals surface area contributed by atoms with E-state index in [0.717, 1.165) is 4.68 Å². The lowest BCUT2D eigenvalue weighted by molar-refractivity contribution is -0.119. The second-order valence-corrected chi connectivity index (χ2v) is 6.72. The molecular weight excluding hydrogens is 388 g/mol. The first-order chi connectivity index (χ1) is 14.3. The van der Waals surface area contributed by atoms with Crippen LogP contribution in [0.4, 0.5) is 5.69 Å². The summed E-state index contributed by atoms with van der Waals surface area (Å²) in [5.41, 5.74) is 0.553. The Morgan fingerprint density at radius 2 is 1.67 bits per heavy atom. The van der Waals surface area contributed by atoms with Crippen LogP contribution in [0, 0.1) is 0 Å². The first-order valence-electron chi connectivity index (χ1n) is 9.02. The molecule has 1 heterocycles. The Kier molecular flexibility index (Phi) is 5.91. The molecule has 0 fully saturated rings. The number of aromatic nitrogens is 2. The van der Waals surface area contributed by atoms with Crippen LogP contribution in [0.15, 0.2) is 53.3 Å². The number of rotatable bonds is 5. The van der Waals surface area contributed by atoms with Gasteiger partial charge in [-0.2, -0.15) is 5.10 Å². The Morgan fingerprint density at radius 3 is 2.30 bits per heavy atom.